The van der Waals surface area contributed by atoms with Gasteiger partial charge >= 0.3 is 5.97 Å². The number of rotatable bonds is 3. The summed E-state index contributed by atoms with van der Waals surface area (Å²) >= 11 is 3.16. The molecular formula is C12H11BrO3. The second-order valence-corrected chi connectivity index (χ2v) is 4.56. The molecule has 0 atom stereocenters. The minimum atomic E-state index is -0.991. The summed E-state index contributed by atoms with van der Waals surface area (Å²) in [6.45, 7) is 3.51. The Morgan fingerprint density at radius 1 is 1.56 bits per heavy atom. The molecule has 0 heterocycles. The zero-order valence-corrected chi connectivity index (χ0v) is 10.5. The van der Waals surface area contributed by atoms with E-state index in [4.69, 9.17) is 16.3 Å². The van der Waals surface area contributed by atoms with Gasteiger partial charge in [-0.25, -0.2) is 4.79 Å². The van der Waals surface area contributed by atoms with E-state index in [-0.39, 0.29) is 5.56 Å². The Kier molecular flexibility index (Phi) is 3.61. The highest BCUT2D eigenvalue weighted by Gasteiger charge is 2.17. The molecule has 0 saturated carbocycles. The lowest BCUT2D eigenvalue weighted by Crippen LogP contribution is -2.25. The van der Waals surface area contributed by atoms with Crippen LogP contribution in [-0.2, 0) is 0 Å². The molecule has 0 unspecified atom stereocenters. The summed E-state index contributed by atoms with van der Waals surface area (Å²) in [6.07, 6.45) is 5.29. The first kappa shape index (κ1) is 12.6. The van der Waals surface area contributed by atoms with E-state index in [0.717, 1.165) is 0 Å². The predicted molar refractivity (Wildman–Crippen MR) is 64.6 cm³/mol. The highest BCUT2D eigenvalue weighted by molar-refractivity contribution is 9.10. The van der Waals surface area contributed by atoms with Gasteiger partial charge < -0.3 is 9.84 Å². The van der Waals surface area contributed by atoms with Crippen molar-refractivity contribution < 1.29 is 14.6 Å². The van der Waals surface area contributed by atoms with Gasteiger partial charge in [-0.1, -0.05) is 5.92 Å². The van der Waals surface area contributed by atoms with Gasteiger partial charge in [-0.2, -0.15) is 0 Å². The van der Waals surface area contributed by atoms with Gasteiger partial charge in [-0.05, 0) is 48.0 Å². The van der Waals surface area contributed by atoms with Crippen molar-refractivity contribution in [3.8, 4) is 18.1 Å². The highest BCUT2D eigenvalue weighted by Crippen LogP contribution is 2.25. The number of carboxylic acids is 1. The Morgan fingerprint density at radius 3 is 2.62 bits per heavy atom. The van der Waals surface area contributed by atoms with Crippen molar-refractivity contribution in [1.82, 2.24) is 0 Å². The second-order valence-electron chi connectivity index (χ2n) is 3.70. The van der Waals surface area contributed by atoms with E-state index in [1.807, 2.05) is 0 Å². The summed E-state index contributed by atoms with van der Waals surface area (Å²) in [5.74, 6) is 2.03. The fourth-order valence-electron chi connectivity index (χ4n) is 1.06. The third-order valence-corrected chi connectivity index (χ3v) is 2.55. The number of aromatic carboxylic acids is 1. The van der Waals surface area contributed by atoms with Crippen LogP contribution in [0.1, 0.15) is 24.2 Å². The fraction of sp³-hybridized carbons (Fsp3) is 0.250. The van der Waals surface area contributed by atoms with E-state index in [2.05, 4.69) is 21.9 Å². The van der Waals surface area contributed by atoms with Gasteiger partial charge in [0.05, 0.1) is 5.56 Å². The van der Waals surface area contributed by atoms with Crippen LogP contribution in [-0.4, -0.2) is 16.7 Å². The number of hydrogen-bond acceptors (Lipinski definition) is 2. The molecule has 16 heavy (non-hydrogen) atoms. The molecule has 84 valence electrons. The third kappa shape index (κ3) is 3.01. The first-order chi connectivity index (χ1) is 7.35. The maximum atomic E-state index is 10.8. The van der Waals surface area contributed by atoms with Crippen molar-refractivity contribution in [2.24, 2.45) is 0 Å². The topological polar surface area (TPSA) is 46.5 Å². The second kappa shape index (κ2) is 4.58. The summed E-state index contributed by atoms with van der Waals surface area (Å²) in [5.41, 5.74) is -0.532. The molecule has 0 aliphatic rings. The van der Waals surface area contributed by atoms with E-state index in [0.29, 0.717) is 10.2 Å². The molecule has 1 rings (SSSR count). The molecule has 0 aliphatic heterocycles. The zero-order valence-electron chi connectivity index (χ0n) is 8.95. The number of halogens is 1. The molecule has 0 bridgehead atoms. The molecule has 0 aliphatic carbocycles. The Morgan fingerprint density at radius 2 is 2.19 bits per heavy atom. The van der Waals surface area contributed by atoms with Crippen molar-refractivity contribution in [2.75, 3.05) is 0 Å². The monoisotopic (exact) mass is 282 g/mol. The number of carboxylic acid groups (broad SMARTS) is 1. The van der Waals surface area contributed by atoms with Crippen molar-refractivity contribution in [1.29, 1.82) is 0 Å². The zero-order chi connectivity index (χ0) is 12.3. The van der Waals surface area contributed by atoms with Gasteiger partial charge in [0.15, 0.2) is 5.60 Å². The number of ether oxygens (including phenoxy) is 1. The SMILES string of the molecule is C#CC(C)(C)Oc1ccc(C(=O)O)c(Br)c1. The Bertz CT molecular complexity index is 458. The molecule has 0 radical (unpaired) electrons. The third-order valence-electron chi connectivity index (χ3n) is 1.89. The van der Waals surface area contributed by atoms with Gasteiger partial charge in [0.25, 0.3) is 0 Å². The van der Waals surface area contributed by atoms with Crippen molar-refractivity contribution in [3.63, 3.8) is 0 Å². The molecule has 0 fully saturated rings. The van der Waals surface area contributed by atoms with Crippen molar-refractivity contribution in [2.45, 2.75) is 19.4 Å². The van der Waals surface area contributed by atoms with Crippen molar-refractivity contribution >= 4 is 21.9 Å². The number of benzene rings is 1. The summed E-state index contributed by atoms with van der Waals surface area (Å²) in [6, 6.07) is 4.63. The normalized spacial score (nSPS) is 10.6. The van der Waals surface area contributed by atoms with E-state index in [1.165, 1.54) is 6.07 Å². The maximum absolute atomic E-state index is 10.8. The smallest absolute Gasteiger partial charge is 0.336 e. The standard InChI is InChI=1S/C12H11BrO3/c1-4-12(2,3)16-8-5-6-9(11(14)15)10(13)7-8/h1,5-7H,2-3H3,(H,14,15). The van der Waals surface area contributed by atoms with E-state index in [1.54, 1.807) is 26.0 Å². The lowest BCUT2D eigenvalue weighted by atomic mass is 10.1. The molecular weight excluding hydrogens is 272 g/mol. The molecule has 1 aromatic rings. The van der Waals surface area contributed by atoms with Crippen LogP contribution in [0.5, 0.6) is 5.75 Å². The number of terminal acetylenes is 1. The van der Waals surface area contributed by atoms with Crippen LogP contribution in [0.15, 0.2) is 22.7 Å². The van der Waals surface area contributed by atoms with E-state index < -0.39 is 11.6 Å². The van der Waals surface area contributed by atoms with E-state index in [9.17, 15) is 4.79 Å². The van der Waals surface area contributed by atoms with Gasteiger partial charge in [-0.3, -0.25) is 0 Å². The first-order valence-electron chi connectivity index (χ1n) is 4.55. The minimum Gasteiger partial charge on any atom is -0.478 e. The maximum Gasteiger partial charge on any atom is 0.336 e. The van der Waals surface area contributed by atoms with Crippen LogP contribution >= 0.6 is 15.9 Å². The summed E-state index contributed by atoms with van der Waals surface area (Å²) in [4.78, 5) is 10.8. The molecule has 3 nitrogen and oxygen atoms in total. The number of hydrogen-bond donors (Lipinski definition) is 1. The van der Waals surface area contributed by atoms with Crippen LogP contribution in [0.2, 0.25) is 0 Å². The molecule has 0 spiro atoms. The highest BCUT2D eigenvalue weighted by atomic mass is 79.9. The molecule has 0 amide bonds. The molecule has 0 aromatic heterocycles. The first-order valence-corrected chi connectivity index (χ1v) is 5.34. The lowest BCUT2D eigenvalue weighted by molar-refractivity contribution is 0.0696. The average Bonchev–Trinajstić information content (AvgIpc) is 2.16. The number of carbonyl (C=O) groups is 1. The summed E-state index contributed by atoms with van der Waals surface area (Å²) in [5, 5.41) is 8.83. The lowest BCUT2D eigenvalue weighted by Gasteiger charge is -2.20. The fourth-order valence-corrected chi connectivity index (χ4v) is 1.58. The van der Waals surface area contributed by atoms with Crippen LogP contribution in [0.25, 0.3) is 0 Å². The molecule has 0 saturated heterocycles. The quantitative estimate of drug-likeness (QED) is 0.867. The van der Waals surface area contributed by atoms with Gasteiger partial charge in [0.1, 0.15) is 5.75 Å². The van der Waals surface area contributed by atoms with E-state index >= 15 is 0 Å². The van der Waals surface area contributed by atoms with Crippen LogP contribution in [0.3, 0.4) is 0 Å². The Labute approximate surface area is 103 Å². The van der Waals surface area contributed by atoms with Gasteiger partial charge in [0.2, 0.25) is 0 Å². The largest absolute Gasteiger partial charge is 0.478 e. The predicted octanol–water partition coefficient (Wildman–Crippen LogP) is 2.94. The van der Waals surface area contributed by atoms with Crippen LogP contribution < -0.4 is 4.74 Å². The molecule has 4 heteroatoms. The van der Waals surface area contributed by atoms with Crippen LogP contribution in [0, 0.1) is 12.3 Å². The molecule has 1 aromatic carbocycles. The minimum absolute atomic E-state index is 0.186. The Balaban J connectivity index is 2.99. The summed E-state index contributed by atoms with van der Waals surface area (Å²) < 4.78 is 5.97. The summed E-state index contributed by atoms with van der Waals surface area (Å²) in [7, 11) is 0. The van der Waals surface area contributed by atoms with Gasteiger partial charge in [0, 0.05) is 4.47 Å². The average molecular weight is 283 g/mol. The van der Waals surface area contributed by atoms with Crippen molar-refractivity contribution in [3.05, 3.63) is 28.2 Å². The van der Waals surface area contributed by atoms with Crippen LogP contribution in [0.4, 0.5) is 0 Å². The Hall–Kier alpha value is -1.47. The van der Waals surface area contributed by atoms with Gasteiger partial charge in [-0.15, -0.1) is 6.42 Å². The molecule has 1 N–H and O–H groups in total.